The predicted octanol–water partition coefficient (Wildman–Crippen LogP) is 1.18. The van der Waals surface area contributed by atoms with E-state index in [9.17, 15) is 9.90 Å². The van der Waals surface area contributed by atoms with Crippen LogP contribution >= 0.6 is 0 Å². The molecule has 3 rings (SSSR count). The zero-order valence-corrected chi connectivity index (χ0v) is 15.4. The Bertz CT molecular complexity index is 582. The van der Waals surface area contributed by atoms with Gasteiger partial charge in [0, 0.05) is 51.4 Å². The molecule has 0 aromatic carbocycles. The fourth-order valence-electron chi connectivity index (χ4n) is 4.04. The van der Waals surface area contributed by atoms with Crippen molar-refractivity contribution < 1.29 is 14.6 Å². The van der Waals surface area contributed by atoms with Crippen molar-refractivity contribution in [3.8, 4) is 0 Å². The lowest BCUT2D eigenvalue weighted by atomic mass is 9.96. The minimum absolute atomic E-state index is 0.0373. The number of aryl methyl sites for hydroxylation is 1. The molecule has 0 radical (unpaired) electrons. The molecule has 1 amide bonds. The number of ether oxygens (including phenoxy) is 1. The van der Waals surface area contributed by atoms with E-state index in [1.54, 1.807) is 12.3 Å². The number of nitrogens with zero attached hydrogens (tertiary/aromatic N) is 3. The molecule has 138 valence electrons. The van der Waals surface area contributed by atoms with E-state index in [0.717, 1.165) is 25.2 Å². The van der Waals surface area contributed by atoms with Crippen molar-refractivity contribution in [3.63, 3.8) is 0 Å². The summed E-state index contributed by atoms with van der Waals surface area (Å²) < 4.78 is 5.80. The van der Waals surface area contributed by atoms with Gasteiger partial charge in [-0.25, -0.2) is 0 Å². The van der Waals surface area contributed by atoms with Gasteiger partial charge in [0.1, 0.15) is 5.69 Å². The number of morpholine rings is 1. The van der Waals surface area contributed by atoms with Gasteiger partial charge < -0.3 is 14.7 Å². The summed E-state index contributed by atoms with van der Waals surface area (Å²) >= 11 is 0. The van der Waals surface area contributed by atoms with Crippen LogP contribution in [-0.2, 0) is 4.74 Å². The number of pyridine rings is 1. The number of carbonyl (C=O) groups is 1. The number of aliphatic hydroxyl groups is 1. The molecule has 2 fully saturated rings. The summed E-state index contributed by atoms with van der Waals surface area (Å²) in [5, 5.41) is 9.78. The molecule has 0 bridgehead atoms. The Morgan fingerprint density at radius 1 is 1.20 bits per heavy atom. The third-order valence-corrected chi connectivity index (χ3v) is 5.22. The second-order valence-electron chi connectivity index (χ2n) is 7.61. The van der Waals surface area contributed by atoms with Gasteiger partial charge in [-0.15, -0.1) is 0 Å². The highest BCUT2D eigenvalue weighted by Crippen LogP contribution is 2.26. The summed E-state index contributed by atoms with van der Waals surface area (Å²) in [6.45, 7) is 10.3. The van der Waals surface area contributed by atoms with Gasteiger partial charge in [-0.3, -0.25) is 14.7 Å². The molecule has 6 heteroatoms. The molecule has 2 saturated heterocycles. The monoisotopic (exact) mass is 347 g/mol. The summed E-state index contributed by atoms with van der Waals surface area (Å²) in [7, 11) is 0. The number of aliphatic hydroxyl groups excluding tert-OH is 1. The van der Waals surface area contributed by atoms with Crippen LogP contribution in [0.2, 0.25) is 0 Å². The molecule has 1 aromatic rings. The second kappa shape index (κ2) is 7.81. The third-order valence-electron chi connectivity index (χ3n) is 5.22. The van der Waals surface area contributed by atoms with E-state index in [1.807, 2.05) is 17.9 Å². The Kier molecular flexibility index (Phi) is 5.71. The van der Waals surface area contributed by atoms with Gasteiger partial charge in [0.05, 0.1) is 12.2 Å². The lowest BCUT2D eigenvalue weighted by Gasteiger charge is -2.37. The van der Waals surface area contributed by atoms with Gasteiger partial charge in [-0.05, 0) is 38.3 Å². The highest BCUT2D eigenvalue weighted by Gasteiger charge is 2.37. The van der Waals surface area contributed by atoms with Crippen LogP contribution in [0.5, 0.6) is 0 Å². The first-order chi connectivity index (χ1) is 12.0. The van der Waals surface area contributed by atoms with E-state index in [4.69, 9.17) is 4.74 Å². The van der Waals surface area contributed by atoms with Crippen molar-refractivity contribution >= 4 is 5.91 Å². The van der Waals surface area contributed by atoms with E-state index in [0.29, 0.717) is 18.8 Å². The topological polar surface area (TPSA) is 65.9 Å². The van der Waals surface area contributed by atoms with E-state index in [1.165, 1.54) is 0 Å². The highest BCUT2D eigenvalue weighted by atomic mass is 16.5. The van der Waals surface area contributed by atoms with Gasteiger partial charge in [-0.2, -0.15) is 0 Å². The molecule has 0 saturated carbocycles. The van der Waals surface area contributed by atoms with Crippen molar-refractivity contribution in [3.05, 3.63) is 29.6 Å². The van der Waals surface area contributed by atoms with E-state index >= 15 is 0 Å². The maximum atomic E-state index is 12.7. The molecule has 1 N–H and O–H groups in total. The summed E-state index contributed by atoms with van der Waals surface area (Å²) in [6, 6.07) is 3.69. The second-order valence-corrected chi connectivity index (χ2v) is 7.61. The third kappa shape index (κ3) is 4.37. The molecule has 0 unspecified atom stereocenters. The van der Waals surface area contributed by atoms with Crippen LogP contribution < -0.4 is 0 Å². The average molecular weight is 347 g/mol. The molecular weight excluding hydrogens is 318 g/mol. The van der Waals surface area contributed by atoms with Gasteiger partial charge >= 0.3 is 0 Å². The lowest BCUT2D eigenvalue weighted by Crippen LogP contribution is -2.48. The van der Waals surface area contributed by atoms with Gasteiger partial charge in [0.15, 0.2) is 0 Å². The maximum absolute atomic E-state index is 12.7. The number of amides is 1. The van der Waals surface area contributed by atoms with Crippen molar-refractivity contribution in [2.75, 3.05) is 39.3 Å². The summed E-state index contributed by atoms with van der Waals surface area (Å²) in [4.78, 5) is 21.2. The van der Waals surface area contributed by atoms with Crippen LogP contribution in [0.15, 0.2) is 18.3 Å². The molecule has 4 atom stereocenters. The van der Waals surface area contributed by atoms with Crippen LogP contribution in [0.4, 0.5) is 0 Å². The first-order valence-corrected chi connectivity index (χ1v) is 9.17. The number of hydrogen-bond acceptors (Lipinski definition) is 5. The highest BCUT2D eigenvalue weighted by molar-refractivity contribution is 5.92. The lowest BCUT2D eigenvalue weighted by molar-refractivity contribution is -0.0726. The van der Waals surface area contributed by atoms with Gasteiger partial charge in [-0.1, -0.05) is 6.07 Å². The predicted molar refractivity (Wildman–Crippen MR) is 95.4 cm³/mol. The minimum atomic E-state index is -0.0373. The Labute approximate surface area is 149 Å². The normalized spacial score (nSPS) is 30.6. The zero-order chi connectivity index (χ0) is 18.0. The van der Waals surface area contributed by atoms with Crippen LogP contribution in [0.3, 0.4) is 0 Å². The number of rotatable bonds is 4. The molecular formula is C19H29N3O3. The molecule has 6 nitrogen and oxygen atoms in total. The standard InChI is InChI=1S/C19H29N3O3/c1-13-4-5-18(20-6-13)19(24)22-10-16(17(11-22)12-23)9-21-7-14(2)25-15(3)8-21/h4-6,14-17,23H,7-12H2,1-3H3/t14-,15+,16-,17-/m1/s1. The summed E-state index contributed by atoms with van der Waals surface area (Å²) in [5.41, 5.74) is 1.52. The fourth-order valence-corrected chi connectivity index (χ4v) is 4.04. The van der Waals surface area contributed by atoms with E-state index < -0.39 is 0 Å². The Morgan fingerprint density at radius 2 is 1.88 bits per heavy atom. The fraction of sp³-hybridized carbons (Fsp3) is 0.684. The van der Waals surface area contributed by atoms with E-state index in [2.05, 4.69) is 23.7 Å². The summed E-state index contributed by atoms with van der Waals surface area (Å²) in [6.07, 6.45) is 2.18. The number of hydrogen-bond donors (Lipinski definition) is 1. The Balaban J connectivity index is 1.63. The largest absolute Gasteiger partial charge is 0.396 e. The van der Waals surface area contributed by atoms with Crippen molar-refractivity contribution in [2.45, 2.75) is 33.0 Å². The first-order valence-electron chi connectivity index (χ1n) is 9.17. The zero-order valence-electron chi connectivity index (χ0n) is 15.4. The molecule has 3 heterocycles. The number of likely N-dealkylation sites (tertiary alicyclic amines) is 1. The molecule has 1 aromatic heterocycles. The number of carbonyl (C=O) groups excluding carboxylic acids is 1. The van der Waals surface area contributed by atoms with Crippen LogP contribution in [0.25, 0.3) is 0 Å². The van der Waals surface area contributed by atoms with Gasteiger partial charge in [0.2, 0.25) is 0 Å². The van der Waals surface area contributed by atoms with Gasteiger partial charge in [0.25, 0.3) is 5.91 Å². The maximum Gasteiger partial charge on any atom is 0.272 e. The molecule has 0 spiro atoms. The summed E-state index contributed by atoms with van der Waals surface area (Å²) in [5.74, 6) is 0.379. The van der Waals surface area contributed by atoms with Crippen molar-refractivity contribution in [1.29, 1.82) is 0 Å². The van der Waals surface area contributed by atoms with Crippen molar-refractivity contribution in [1.82, 2.24) is 14.8 Å². The van der Waals surface area contributed by atoms with Crippen LogP contribution in [0.1, 0.15) is 29.9 Å². The van der Waals surface area contributed by atoms with Crippen molar-refractivity contribution in [2.24, 2.45) is 11.8 Å². The Hall–Kier alpha value is -1.50. The smallest absolute Gasteiger partial charge is 0.272 e. The SMILES string of the molecule is Cc1ccc(C(=O)N2C[C@@H](CN3C[C@@H](C)O[C@@H](C)C3)[C@@H](CO)C2)nc1. The quantitative estimate of drug-likeness (QED) is 0.886. The van der Waals surface area contributed by atoms with Crippen LogP contribution in [-0.4, -0.2) is 77.3 Å². The molecule has 2 aliphatic heterocycles. The molecule has 25 heavy (non-hydrogen) atoms. The number of aromatic nitrogens is 1. The first kappa shape index (κ1) is 18.3. The minimum Gasteiger partial charge on any atom is -0.396 e. The van der Waals surface area contributed by atoms with E-state index in [-0.39, 0.29) is 36.6 Å². The molecule has 0 aliphatic carbocycles. The average Bonchev–Trinajstić information content (AvgIpc) is 2.97. The van der Waals surface area contributed by atoms with Crippen LogP contribution in [0, 0.1) is 18.8 Å². The Morgan fingerprint density at radius 3 is 2.48 bits per heavy atom. The molecule has 2 aliphatic rings.